The highest BCUT2D eigenvalue weighted by Gasteiger charge is 2.37. The molecule has 0 aliphatic carbocycles. The van der Waals surface area contributed by atoms with Crippen LogP contribution in [0.3, 0.4) is 0 Å². The van der Waals surface area contributed by atoms with Crippen LogP contribution in [-0.4, -0.2) is 36.3 Å². The van der Waals surface area contributed by atoms with Crippen LogP contribution in [0.15, 0.2) is 42.6 Å². The van der Waals surface area contributed by atoms with Crippen LogP contribution in [0.25, 0.3) is 10.9 Å². The van der Waals surface area contributed by atoms with Crippen molar-refractivity contribution >= 4 is 22.6 Å². The molecule has 1 aliphatic heterocycles. The molecule has 3 aromatic rings. The zero-order valence-corrected chi connectivity index (χ0v) is 18.9. The van der Waals surface area contributed by atoms with Crippen molar-refractivity contribution in [2.45, 2.75) is 37.8 Å². The fourth-order valence-corrected chi connectivity index (χ4v) is 4.67. The van der Waals surface area contributed by atoms with Gasteiger partial charge in [0, 0.05) is 29.9 Å². The molecule has 34 heavy (non-hydrogen) atoms. The molecule has 0 radical (unpaired) electrons. The second-order valence-corrected chi connectivity index (χ2v) is 8.44. The molecule has 1 aliphatic rings. The largest absolute Gasteiger partial charge is 0.478 e. The van der Waals surface area contributed by atoms with Gasteiger partial charge in [0.2, 0.25) is 0 Å². The number of fused-ring (bicyclic) bond motifs is 1. The number of nitrogens with one attached hydrogen (secondary N) is 2. The summed E-state index contributed by atoms with van der Waals surface area (Å²) in [5, 5.41) is 17.0. The average molecular weight is 473 g/mol. The topological polar surface area (TPSA) is 83.5 Å². The zero-order valence-electron chi connectivity index (χ0n) is 18.9. The van der Waals surface area contributed by atoms with Crippen LogP contribution < -0.4 is 10.6 Å². The Morgan fingerprint density at radius 3 is 2.56 bits per heavy atom. The molecular weight excluding hydrogens is 447 g/mol. The van der Waals surface area contributed by atoms with Crippen LogP contribution in [0.1, 0.15) is 59.3 Å². The molecule has 1 atom stereocenters. The SMILES string of the molecule is COC1(c2cc3c(NC(C)c4cccc(C(F)F)c4F)ccnc3cc2C(=O)O)CCNCC1. The Morgan fingerprint density at radius 2 is 1.91 bits per heavy atom. The first-order valence-electron chi connectivity index (χ1n) is 11.0. The fourth-order valence-electron chi connectivity index (χ4n) is 4.67. The number of anilines is 1. The number of hydrogen-bond acceptors (Lipinski definition) is 5. The van der Waals surface area contributed by atoms with Gasteiger partial charge in [-0.2, -0.15) is 0 Å². The van der Waals surface area contributed by atoms with E-state index < -0.39 is 35.4 Å². The molecule has 2 heterocycles. The number of aromatic carboxylic acids is 1. The van der Waals surface area contributed by atoms with E-state index in [0.29, 0.717) is 48.1 Å². The van der Waals surface area contributed by atoms with E-state index in [1.54, 1.807) is 26.2 Å². The summed E-state index contributed by atoms with van der Waals surface area (Å²) in [4.78, 5) is 16.4. The summed E-state index contributed by atoms with van der Waals surface area (Å²) in [5.41, 5.74) is 0.376. The van der Waals surface area contributed by atoms with E-state index in [1.165, 1.54) is 24.4 Å². The molecular formula is C25H26F3N3O3. The summed E-state index contributed by atoms with van der Waals surface area (Å²) in [7, 11) is 1.57. The minimum Gasteiger partial charge on any atom is -0.478 e. The highest BCUT2D eigenvalue weighted by atomic mass is 19.3. The van der Waals surface area contributed by atoms with Gasteiger partial charge in [0.25, 0.3) is 6.43 Å². The van der Waals surface area contributed by atoms with Crippen LogP contribution in [0.4, 0.5) is 18.9 Å². The van der Waals surface area contributed by atoms with Gasteiger partial charge in [-0.1, -0.05) is 18.2 Å². The normalized spacial score (nSPS) is 16.5. The van der Waals surface area contributed by atoms with E-state index >= 15 is 0 Å². The minimum absolute atomic E-state index is 0.108. The van der Waals surface area contributed by atoms with Crippen molar-refractivity contribution in [2.24, 2.45) is 0 Å². The second kappa shape index (κ2) is 9.60. The zero-order chi connectivity index (χ0) is 24.5. The predicted octanol–water partition coefficient (Wildman–Crippen LogP) is 5.41. The number of methoxy groups -OCH3 is 1. The van der Waals surface area contributed by atoms with Gasteiger partial charge in [-0.3, -0.25) is 4.98 Å². The highest BCUT2D eigenvalue weighted by Crippen LogP contribution is 2.40. The van der Waals surface area contributed by atoms with E-state index in [9.17, 15) is 23.1 Å². The average Bonchev–Trinajstić information content (AvgIpc) is 2.83. The Bertz CT molecular complexity index is 1210. The van der Waals surface area contributed by atoms with E-state index in [1.807, 2.05) is 0 Å². The summed E-state index contributed by atoms with van der Waals surface area (Å²) in [6.45, 7) is 3.04. The first-order valence-corrected chi connectivity index (χ1v) is 11.0. The molecule has 4 rings (SSSR count). The molecule has 1 unspecified atom stereocenters. The number of ether oxygens (including phenoxy) is 1. The lowest BCUT2D eigenvalue weighted by atomic mass is 9.81. The van der Waals surface area contributed by atoms with Crippen molar-refractivity contribution in [2.75, 3.05) is 25.5 Å². The lowest BCUT2D eigenvalue weighted by molar-refractivity contribution is -0.0397. The van der Waals surface area contributed by atoms with Gasteiger partial charge in [-0.05, 0) is 56.6 Å². The third-order valence-electron chi connectivity index (χ3n) is 6.54. The predicted molar refractivity (Wildman–Crippen MR) is 123 cm³/mol. The third kappa shape index (κ3) is 4.33. The van der Waals surface area contributed by atoms with Crippen molar-refractivity contribution in [1.82, 2.24) is 10.3 Å². The number of carboxylic acid groups (broad SMARTS) is 1. The Hall–Kier alpha value is -3.17. The number of halogens is 3. The fraction of sp³-hybridized carbons (Fsp3) is 0.360. The summed E-state index contributed by atoms with van der Waals surface area (Å²) in [6, 6.07) is 8.28. The summed E-state index contributed by atoms with van der Waals surface area (Å²) >= 11 is 0. The molecule has 0 amide bonds. The third-order valence-corrected chi connectivity index (χ3v) is 6.54. The van der Waals surface area contributed by atoms with Crippen LogP contribution in [-0.2, 0) is 10.3 Å². The van der Waals surface area contributed by atoms with Gasteiger partial charge in [0.05, 0.1) is 28.3 Å². The summed E-state index contributed by atoms with van der Waals surface area (Å²) in [6.07, 6.45) is -0.201. The lowest BCUT2D eigenvalue weighted by Gasteiger charge is -2.38. The lowest BCUT2D eigenvalue weighted by Crippen LogP contribution is -2.42. The Labute approximate surface area is 195 Å². The molecule has 0 spiro atoms. The van der Waals surface area contributed by atoms with E-state index in [-0.39, 0.29) is 11.1 Å². The summed E-state index contributed by atoms with van der Waals surface area (Å²) in [5.74, 6) is -2.02. The van der Waals surface area contributed by atoms with Gasteiger partial charge < -0.3 is 20.5 Å². The number of benzene rings is 2. The number of hydrogen-bond donors (Lipinski definition) is 3. The number of carbonyl (C=O) groups is 1. The molecule has 1 saturated heterocycles. The Kier molecular flexibility index (Phi) is 6.77. The molecule has 3 N–H and O–H groups in total. The molecule has 180 valence electrons. The van der Waals surface area contributed by atoms with Gasteiger partial charge in [0.15, 0.2) is 0 Å². The van der Waals surface area contributed by atoms with Crippen molar-refractivity contribution in [1.29, 1.82) is 0 Å². The highest BCUT2D eigenvalue weighted by molar-refractivity contribution is 5.99. The van der Waals surface area contributed by atoms with Crippen LogP contribution in [0.5, 0.6) is 0 Å². The number of pyridine rings is 1. The van der Waals surface area contributed by atoms with Crippen molar-refractivity contribution in [3.05, 3.63) is 70.7 Å². The van der Waals surface area contributed by atoms with Crippen LogP contribution >= 0.6 is 0 Å². The number of piperidine rings is 1. The second-order valence-electron chi connectivity index (χ2n) is 8.44. The number of nitrogens with zero attached hydrogens (tertiary/aromatic N) is 1. The molecule has 6 nitrogen and oxygen atoms in total. The molecule has 9 heteroatoms. The first-order chi connectivity index (χ1) is 16.3. The van der Waals surface area contributed by atoms with E-state index in [2.05, 4.69) is 15.6 Å². The number of rotatable bonds is 7. The number of alkyl halides is 2. The maximum absolute atomic E-state index is 14.7. The first kappa shape index (κ1) is 24.0. The van der Waals surface area contributed by atoms with Gasteiger partial charge >= 0.3 is 5.97 Å². The maximum atomic E-state index is 14.7. The van der Waals surface area contributed by atoms with Crippen LogP contribution in [0, 0.1) is 5.82 Å². The van der Waals surface area contributed by atoms with Crippen molar-refractivity contribution in [3.63, 3.8) is 0 Å². The quantitative estimate of drug-likeness (QED) is 0.426. The summed E-state index contributed by atoms with van der Waals surface area (Å²) < 4.78 is 46.9. The number of aromatic nitrogens is 1. The van der Waals surface area contributed by atoms with Gasteiger partial charge in [-0.25, -0.2) is 18.0 Å². The number of carboxylic acids is 1. The molecule has 0 bridgehead atoms. The monoisotopic (exact) mass is 473 g/mol. The molecule has 1 aromatic heterocycles. The molecule has 2 aromatic carbocycles. The smallest absolute Gasteiger partial charge is 0.336 e. The van der Waals surface area contributed by atoms with Crippen molar-refractivity contribution < 1.29 is 27.8 Å². The van der Waals surface area contributed by atoms with E-state index in [4.69, 9.17) is 4.74 Å². The minimum atomic E-state index is -2.92. The molecule has 1 fully saturated rings. The molecule has 0 saturated carbocycles. The van der Waals surface area contributed by atoms with E-state index in [0.717, 1.165) is 6.07 Å². The van der Waals surface area contributed by atoms with Crippen molar-refractivity contribution in [3.8, 4) is 0 Å². The Balaban J connectivity index is 1.81. The van der Waals surface area contributed by atoms with Gasteiger partial charge in [0.1, 0.15) is 5.82 Å². The standard InChI is InChI=1S/C25H26F3N3O3/c1-14(15-4-3-5-16(22(15)26)23(27)28)31-20-6-9-30-21-13-17(24(32)33)19(12-18(20)21)25(34-2)7-10-29-11-8-25/h3-6,9,12-14,23,29H,7-8,10-11H2,1-2H3,(H,30,31)(H,32,33). The van der Waals surface area contributed by atoms with Gasteiger partial charge in [-0.15, -0.1) is 0 Å². The van der Waals surface area contributed by atoms with Crippen LogP contribution in [0.2, 0.25) is 0 Å². The Morgan fingerprint density at radius 1 is 1.21 bits per heavy atom. The maximum Gasteiger partial charge on any atom is 0.336 e.